The zero-order chi connectivity index (χ0) is 12.2. The molecular weight excluding hydrogens is 200 g/mol. The monoisotopic (exact) mass is 228 g/mol. The molecule has 0 saturated carbocycles. The summed E-state index contributed by atoms with van der Waals surface area (Å²) in [7, 11) is 2.00. The maximum absolute atomic E-state index is 11.2. The van der Waals surface area contributed by atoms with E-state index in [2.05, 4.69) is 10.6 Å². The van der Waals surface area contributed by atoms with Crippen LogP contribution >= 0.6 is 0 Å². The molecule has 0 radical (unpaired) electrons. The number of rotatable bonds is 10. The minimum Gasteiger partial charge on any atom is -0.356 e. The first-order chi connectivity index (χ1) is 7.68. The fourth-order valence-corrected chi connectivity index (χ4v) is 1.55. The van der Waals surface area contributed by atoms with Crippen molar-refractivity contribution in [2.45, 2.75) is 52.4 Å². The Morgan fingerprint density at radius 1 is 0.938 bits per heavy atom. The Labute approximate surface area is 100 Å². The summed E-state index contributed by atoms with van der Waals surface area (Å²) in [5, 5.41) is 6.10. The van der Waals surface area contributed by atoms with Crippen molar-refractivity contribution in [1.82, 2.24) is 10.6 Å². The molecule has 2 N–H and O–H groups in total. The minimum absolute atomic E-state index is 0.113. The number of unbranched alkanes of at least 4 members (excludes halogenated alkanes) is 5. The molecule has 0 atom stereocenters. The van der Waals surface area contributed by atoms with E-state index >= 15 is 0 Å². The summed E-state index contributed by atoms with van der Waals surface area (Å²) in [5.41, 5.74) is 0. The Bertz CT molecular complexity index is 169. The van der Waals surface area contributed by atoms with Crippen LogP contribution in [-0.4, -0.2) is 26.0 Å². The summed E-state index contributed by atoms with van der Waals surface area (Å²) in [6.45, 7) is 5.83. The van der Waals surface area contributed by atoms with Gasteiger partial charge in [-0.25, -0.2) is 0 Å². The normalized spacial score (nSPS) is 10.8. The van der Waals surface area contributed by atoms with Crippen LogP contribution < -0.4 is 10.6 Å². The lowest BCUT2D eigenvalue weighted by Crippen LogP contribution is -2.28. The molecule has 0 spiro atoms. The molecule has 0 aromatic heterocycles. The molecule has 0 saturated heterocycles. The third kappa shape index (κ3) is 9.97. The van der Waals surface area contributed by atoms with E-state index in [1.54, 1.807) is 0 Å². The molecule has 0 heterocycles. The van der Waals surface area contributed by atoms with Gasteiger partial charge >= 0.3 is 0 Å². The summed E-state index contributed by atoms with van der Waals surface area (Å²) in [6.07, 6.45) is 7.56. The number of carbonyl (C=O) groups excluding carboxylic acids is 1. The third-order valence-electron chi connectivity index (χ3n) is 2.68. The van der Waals surface area contributed by atoms with Crippen molar-refractivity contribution in [2.24, 2.45) is 5.92 Å². The highest BCUT2D eigenvalue weighted by molar-refractivity contribution is 5.77. The molecule has 1 amide bonds. The van der Waals surface area contributed by atoms with Crippen LogP contribution in [0.5, 0.6) is 0 Å². The molecule has 96 valence electrons. The van der Waals surface area contributed by atoms with Crippen LogP contribution in [0, 0.1) is 5.92 Å². The standard InChI is InChI=1S/C13H28N2O/c1-12(2)13(16)15-11-9-7-5-4-6-8-10-14-3/h12,14H,4-11H2,1-3H3,(H,15,16). The van der Waals surface area contributed by atoms with E-state index in [1.165, 1.54) is 32.1 Å². The van der Waals surface area contributed by atoms with Gasteiger partial charge in [-0.1, -0.05) is 39.5 Å². The van der Waals surface area contributed by atoms with Crippen LogP contribution in [0.15, 0.2) is 0 Å². The molecule has 0 unspecified atom stereocenters. The summed E-state index contributed by atoms with van der Waals surface area (Å²) in [4.78, 5) is 11.2. The minimum atomic E-state index is 0.113. The lowest BCUT2D eigenvalue weighted by Gasteiger charge is -2.07. The molecule has 3 heteroatoms. The number of nitrogens with one attached hydrogen (secondary N) is 2. The Balaban J connectivity index is 3.07. The summed E-state index contributed by atoms with van der Waals surface area (Å²) in [5.74, 6) is 0.288. The number of hydrogen-bond donors (Lipinski definition) is 2. The highest BCUT2D eigenvalue weighted by atomic mass is 16.1. The highest BCUT2D eigenvalue weighted by Gasteiger charge is 2.04. The third-order valence-corrected chi connectivity index (χ3v) is 2.68. The molecule has 0 rings (SSSR count). The van der Waals surface area contributed by atoms with Gasteiger partial charge in [-0.2, -0.15) is 0 Å². The van der Waals surface area contributed by atoms with Crippen LogP contribution in [0.1, 0.15) is 52.4 Å². The Morgan fingerprint density at radius 2 is 1.44 bits per heavy atom. The lowest BCUT2D eigenvalue weighted by atomic mass is 10.1. The Kier molecular flexibility index (Phi) is 10.5. The van der Waals surface area contributed by atoms with Crippen molar-refractivity contribution in [3.8, 4) is 0 Å². The predicted molar refractivity (Wildman–Crippen MR) is 69.5 cm³/mol. The fourth-order valence-electron chi connectivity index (χ4n) is 1.55. The molecule has 0 aliphatic carbocycles. The molecule has 0 aromatic rings. The van der Waals surface area contributed by atoms with Gasteiger partial charge in [-0.05, 0) is 26.4 Å². The topological polar surface area (TPSA) is 41.1 Å². The Morgan fingerprint density at radius 3 is 1.94 bits per heavy atom. The van der Waals surface area contributed by atoms with E-state index in [0.29, 0.717) is 0 Å². The predicted octanol–water partition coefficient (Wildman–Crippen LogP) is 2.32. The van der Waals surface area contributed by atoms with E-state index in [1.807, 2.05) is 20.9 Å². The van der Waals surface area contributed by atoms with E-state index in [9.17, 15) is 4.79 Å². The first-order valence-corrected chi connectivity index (χ1v) is 6.60. The van der Waals surface area contributed by atoms with Crippen LogP contribution in [0.25, 0.3) is 0 Å². The molecule has 0 aromatic carbocycles. The zero-order valence-corrected chi connectivity index (χ0v) is 11.1. The van der Waals surface area contributed by atoms with E-state index in [4.69, 9.17) is 0 Å². The van der Waals surface area contributed by atoms with Crippen LogP contribution in [0.4, 0.5) is 0 Å². The Hall–Kier alpha value is -0.570. The SMILES string of the molecule is CNCCCCCCCCNC(=O)C(C)C. The van der Waals surface area contributed by atoms with Crippen LogP contribution in [0.3, 0.4) is 0 Å². The maximum atomic E-state index is 11.2. The van der Waals surface area contributed by atoms with E-state index in [0.717, 1.165) is 19.5 Å². The smallest absolute Gasteiger partial charge is 0.222 e. The van der Waals surface area contributed by atoms with Gasteiger partial charge in [0.25, 0.3) is 0 Å². The van der Waals surface area contributed by atoms with Gasteiger partial charge in [0, 0.05) is 12.5 Å². The van der Waals surface area contributed by atoms with Crippen molar-refractivity contribution in [3.63, 3.8) is 0 Å². The largest absolute Gasteiger partial charge is 0.356 e. The molecule has 16 heavy (non-hydrogen) atoms. The van der Waals surface area contributed by atoms with Crippen LogP contribution in [-0.2, 0) is 4.79 Å². The first-order valence-electron chi connectivity index (χ1n) is 6.60. The molecule has 0 bridgehead atoms. The van der Waals surface area contributed by atoms with E-state index < -0.39 is 0 Å². The van der Waals surface area contributed by atoms with Gasteiger partial charge in [-0.3, -0.25) is 4.79 Å². The van der Waals surface area contributed by atoms with Crippen molar-refractivity contribution >= 4 is 5.91 Å². The lowest BCUT2D eigenvalue weighted by molar-refractivity contribution is -0.123. The second-order valence-corrected chi connectivity index (χ2v) is 4.67. The van der Waals surface area contributed by atoms with E-state index in [-0.39, 0.29) is 11.8 Å². The van der Waals surface area contributed by atoms with Crippen molar-refractivity contribution in [3.05, 3.63) is 0 Å². The summed E-state index contributed by atoms with van der Waals surface area (Å²) < 4.78 is 0. The van der Waals surface area contributed by atoms with Gasteiger partial charge in [0.15, 0.2) is 0 Å². The van der Waals surface area contributed by atoms with Gasteiger partial charge in [0.1, 0.15) is 0 Å². The van der Waals surface area contributed by atoms with Gasteiger partial charge < -0.3 is 10.6 Å². The zero-order valence-electron chi connectivity index (χ0n) is 11.1. The van der Waals surface area contributed by atoms with Gasteiger partial charge in [0.05, 0.1) is 0 Å². The van der Waals surface area contributed by atoms with Crippen molar-refractivity contribution in [2.75, 3.05) is 20.1 Å². The highest BCUT2D eigenvalue weighted by Crippen LogP contribution is 2.04. The van der Waals surface area contributed by atoms with Crippen LogP contribution in [0.2, 0.25) is 0 Å². The quantitative estimate of drug-likeness (QED) is 0.563. The van der Waals surface area contributed by atoms with Gasteiger partial charge in [0.2, 0.25) is 5.91 Å². The van der Waals surface area contributed by atoms with Crippen molar-refractivity contribution < 1.29 is 4.79 Å². The first kappa shape index (κ1) is 15.4. The van der Waals surface area contributed by atoms with Gasteiger partial charge in [-0.15, -0.1) is 0 Å². The number of amides is 1. The summed E-state index contributed by atoms with van der Waals surface area (Å²) >= 11 is 0. The maximum Gasteiger partial charge on any atom is 0.222 e. The average Bonchev–Trinajstić information content (AvgIpc) is 2.26. The molecule has 0 fully saturated rings. The average molecular weight is 228 g/mol. The number of carbonyl (C=O) groups is 1. The molecule has 0 aliphatic rings. The van der Waals surface area contributed by atoms with Crippen molar-refractivity contribution in [1.29, 1.82) is 0 Å². The second kappa shape index (κ2) is 10.9. The fraction of sp³-hybridized carbons (Fsp3) is 0.923. The molecule has 0 aliphatic heterocycles. The molecule has 3 nitrogen and oxygen atoms in total. The molecular formula is C13H28N2O. The second-order valence-electron chi connectivity index (χ2n) is 4.67. The summed E-state index contributed by atoms with van der Waals surface area (Å²) in [6, 6.07) is 0. The number of hydrogen-bond acceptors (Lipinski definition) is 2.